The van der Waals surface area contributed by atoms with Crippen molar-refractivity contribution in [1.29, 1.82) is 0 Å². The maximum atomic E-state index is 12.0. The average Bonchev–Trinajstić information content (AvgIpc) is 2.28. The smallest absolute Gasteiger partial charge is 0.261 e. The number of carbonyl (C=O) groups excluding carboxylic acids is 1. The van der Waals surface area contributed by atoms with Gasteiger partial charge < -0.3 is 15.0 Å². The lowest BCUT2D eigenvalue weighted by molar-refractivity contribution is -0.137. The van der Waals surface area contributed by atoms with Gasteiger partial charge in [-0.2, -0.15) is 0 Å². The van der Waals surface area contributed by atoms with Crippen LogP contribution >= 0.6 is 0 Å². The highest BCUT2D eigenvalue weighted by atomic mass is 19.3. The molecule has 6 heteroatoms. The standard InChI is InChI=1S/C12H22F2N2O2/c1-9(2)15-10-4-3-5-16(12(10)17)6-7-18-8-11(13)14/h9-11,15H,3-8H2,1-2H3. The molecular weight excluding hydrogens is 242 g/mol. The Morgan fingerprint density at radius 1 is 1.50 bits per heavy atom. The SMILES string of the molecule is CC(C)NC1CCCN(CCOCC(F)F)C1=O. The Hall–Kier alpha value is -0.750. The predicted octanol–water partition coefficient (Wildman–Crippen LogP) is 1.26. The molecule has 1 heterocycles. The second-order valence-corrected chi connectivity index (χ2v) is 4.81. The van der Waals surface area contributed by atoms with Crippen molar-refractivity contribution in [1.82, 2.24) is 10.2 Å². The largest absolute Gasteiger partial charge is 0.374 e. The molecule has 0 radical (unpaired) electrons. The lowest BCUT2D eigenvalue weighted by atomic mass is 10.0. The Bertz CT molecular complexity index is 262. The first-order chi connectivity index (χ1) is 8.50. The summed E-state index contributed by atoms with van der Waals surface area (Å²) in [6.45, 7) is 4.69. The molecule has 18 heavy (non-hydrogen) atoms. The van der Waals surface area contributed by atoms with Gasteiger partial charge in [0.1, 0.15) is 6.61 Å². The van der Waals surface area contributed by atoms with E-state index in [1.54, 1.807) is 4.90 Å². The monoisotopic (exact) mass is 264 g/mol. The predicted molar refractivity (Wildman–Crippen MR) is 64.7 cm³/mol. The molecule has 0 aromatic heterocycles. The molecule has 0 bridgehead atoms. The van der Waals surface area contributed by atoms with Crippen molar-refractivity contribution in [3.05, 3.63) is 0 Å². The van der Waals surface area contributed by atoms with Crippen molar-refractivity contribution in [3.63, 3.8) is 0 Å². The van der Waals surface area contributed by atoms with Gasteiger partial charge in [-0.1, -0.05) is 13.8 Å². The number of piperidine rings is 1. The van der Waals surface area contributed by atoms with E-state index in [2.05, 4.69) is 5.32 Å². The van der Waals surface area contributed by atoms with E-state index in [4.69, 9.17) is 4.74 Å². The molecule has 1 amide bonds. The summed E-state index contributed by atoms with van der Waals surface area (Å²) in [5, 5.41) is 3.22. The van der Waals surface area contributed by atoms with E-state index in [0.717, 1.165) is 12.8 Å². The van der Waals surface area contributed by atoms with Gasteiger partial charge in [-0.3, -0.25) is 4.79 Å². The first kappa shape index (κ1) is 15.3. The zero-order valence-electron chi connectivity index (χ0n) is 11.0. The van der Waals surface area contributed by atoms with Crippen molar-refractivity contribution in [3.8, 4) is 0 Å². The van der Waals surface area contributed by atoms with Crippen molar-refractivity contribution >= 4 is 5.91 Å². The topological polar surface area (TPSA) is 41.6 Å². The van der Waals surface area contributed by atoms with Gasteiger partial charge in [0.05, 0.1) is 12.6 Å². The van der Waals surface area contributed by atoms with Crippen LogP contribution in [0.5, 0.6) is 0 Å². The summed E-state index contributed by atoms with van der Waals surface area (Å²) >= 11 is 0. The quantitative estimate of drug-likeness (QED) is 0.704. The van der Waals surface area contributed by atoms with Crippen molar-refractivity contribution in [2.45, 2.75) is 45.2 Å². The number of amides is 1. The molecule has 0 aliphatic carbocycles. The fourth-order valence-electron chi connectivity index (χ4n) is 2.07. The summed E-state index contributed by atoms with van der Waals surface area (Å²) in [4.78, 5) is 13.7. The Morgan fingerprint density at radius 2 is 2.22 bits per heavy atom. The Morgan fingerprint density at radius 3 is 2.83 bits per heavy atom. The van der Waals surface area contributed by atoms with Gasteiger partial charge in [0, 0.05) is 19.1 Å². The van der Waals surface area contributed by atoms with Gasteiger partial charge in [0.25, 0.3) is 6.43 Å². The highest BCUT2D eigenvalue weighted by Crippen LogP contribution is 2.12. The zero-order chi connectivity index (χ0) is 13.5. The van der Waals surface area contributed by atoms with Gasteiger partial charge in [0.2, 0.25) is 5.91 Å². The number of nitrogens with one attached hydrogen (secondary N) is 1. The van der Waals surface area contributed by atoms with Gasteiger partial charge in [-0.05, 0) is 12.8 Å². The first-order valence-corrected chi connectivity index (χ1v) is 6.41. The Balaban J connectivity index is 2.30. The fourth-order valence-corrected chi connectivity index (χ4v) is 2.07. The summed E-state index contributed by atoms with van der Waals surface area (Å²) < 4.78 is 28.5. The molecule has 1 aliphatic heterocycles. The number of hydrogen-bond acceptors (Lipinski definition) is 3. The maximum absolute atomic E-state index is 12.0. The first-order valence-electron chi connectivity index (χ1n) is 6.41. The Kier molecular flexibility index (Phi) is 6.49. The third-order valence-corrected chi connectivity index (χ3v) is 2.81. The van der Waals surface area contributed by atoms with E-state index in [1.165, 1.54) is 0 Å². The zero-order valence-corrected chi connectivity index (χ0v) is 11.0. The summed E-state index contributed by atoms with van der Waals surface area (Å²) in [5.41, 5.74) is 0. The lowest BCUT2D eigenvalue weighted by Crippen LogP contribution is -2.53. The van der Waals surface area contributed by atoms with E-state index in [0.29, 0.717) is 13.1 Å². The molecule has 0 aromatic rings. The highest BCUT2D eigenvalue weighted by molar-refractivity contribution is 5.82. The number of nitrogens with zero attached hydrogens (tertiary/aromatic N) is 1. The van der Waals surface area contributed by atoms with Gasteiger partial charge in [-0.25, -0.2) is 8.78 Å². The van der Waals surface area contributed by atoms with Crippen LogP contribution in [0.25, 0.3) is 0 Å². The van der Waals surface area contributed by atoms with E-state index in [-0.39, 0.29) is 24.6 Å². The minimum absolute atomic E-state index is 0.0515. The molecule has 0 saturated carbocycles. The normalized spacial score (nSPS) is 21.1. The van der Waals surface area contributed by atoms with Crippen LogP contribution in [0.4, 0.5) is 8.78 Å². The number of hydrogen-bond donors (Lipinski definition) is 1. The molecule has 1 N–H and O–H groups in total. The molecular formula is C12H22F2N2O2. The molecule has 1 rings (SSSR count). The molecule has 1 saturated heterocycles. The minimum Gasteiger partial charge on any atom is -0.374 e. The molecule has 1 fully saturated rings. The molecule has 4 nitrogen and oxygen atoms in total. The number of halogens is 2. The number of likely N-dealkylation sites (tertiary alicyclic amines) is 1. The molecule has 106 valence electrons. The average molecular weight is 264 g/mol. The molecule has 1 unspecified atom stereocenters. The van der Waals surface area contributed by atoms with Gasteiger partial charge in [-0.15, -0.1) is 0 Å². The number of ether oxygens (including phenoxy) is 1. The number of alkyl halides is 2. The van der Waals surface area contributed by atoms with Crippen LogP contribution in [0.3, 0.4) is 0 Å². The van der Waals surface area contributed by atoms with Crippen LogP contribution in [0.2, 0.25) is 0 Å². The highest BCUT2D eigenvalue weighted by Gasteiger charge is 2.28. The van der Waals surface area contributed by atoms with Crippen LogP contribution in [0, 0.1) is 0 Å². The van der Waals surface area contributed by atoms with Crippen molar-refractivity contribution < 1.29 is 18.3 Å². The second-order valence-electron chi connectivity index (χ2n) is 4.81. The van der Waals surface area contributed by atoms with E-state index in [9.17, 15) is 13.6 Å². The Labute approximate surface area is 107 Å². The summed E-state index contributed by atoms with van der Waals surface area (Å²) in [7, 11) is 0. The maximum Gasteiger partial charge on any atom is 0.261 e. The van der Waals surface area contributed by atoms with Crippen LogP contribution in [-0.4, -0.2) is 55.6 Å². The van der Waals surface area contributed by atoms with Crippen molar-refractivity contribution in [2.24, 2.45) is 0 Å². The third kappa shape index (κ3) is 5.27. The van der Waals surface area contributed by atoms with E-state index in [1.807, 2.05) is 13.8 Å². The minimum atomic E-state index is -2.45. The fraction of sp³-hybridized carbons (Fsp3) is 0.917. The molecule has 0 spiro atoms. The molecule has 1 atom stereocenters. The van der Waals surface area contributed by atoms with E-state index < -0.39 is 13.0 Å². The summed E-state index contributed by atoms with van der Waals surface area (Å²) in [5.74, 6) is 0.0515. The van der Waals surface area contributed by atoms with Crippen LogP contribution in [0.1, 0.15) is 26.7 Å². The third-order valence-electron chi connectivity index (χ3n) is 2.81. The van der Waals surface area contributed by atoms with Gasteiger partial charge >= 0.3 is 0 Å². The molecule has 1 aliphatic rings. The summed E-state index contributed by atoms with van der Waals surface area (Å²) in [6.07, 6.45) is -0.673. The number of rotatable bonds is 7. The lowest BCUT2D eigenvalue weighted by Gasteiger charge is -2.33. The van der Waals surface area contributed by atoms with Crippen LogP contribution < -0.4 is 5.32 Å². The van der Waals surface area contributed by atoms with Crippen LogP contribution in [-0.2, 0) is 9.53 Å². The summed E-state index contributed by atoms with van der Waals surface area (Å²) in [6, 6.07) is 0.114. The van der Waals surface area contributed by atoms with Crippen molar-refractivity contribution in [2.75, 3.05) is 26.3 Å². The van der Waals surface area contributed by atoms with E-state index >= 15 is 0 Å². The van der Waals surface area contributed by atoms with Gasteiger partial charge in [0.15, 0.2) is 0 Å². The molecule has 0 aromatic carbocycles. The van der Waals surface area contributed by atoms with Crippen LogP contribution in [0.15, 0.2) is 0 Å². The second kappa shape index (κ2) is 7.63. The number of carbonyl (C=O) groups is 1.